The lowest BCUT2D eigenvalue weighted by atomic mass is 10.1. The van der Waals surface area contributed by atoms with Gasteiger partial charge in [0.1, 0.15) is 4.90 Å². The van der Waals surface area contributed by atoms with Crippen molar-refractivity contribution >= 4 is 26.0 Å². The van der Waals surface area contributed by atoms with Gasteiger partial charge in [-0.3, -0.25) is 4.98 Å². The molecule has 19 heavy (non-hydrogen) atoms. The van der Waals surface area contributed by atoms with Crippen molar-refractivity contribution in [2.75, 3.05) is 20.1 Å². The fourth-order valence-corrected chi connectivity index (χ4v) is 3.92. The summed E-state index contributed by atoms with van der Waals surface area (Å²) >= 11 is 3.24. The predicted octanol–water partition coefficient (Wildman–Crippen LogP) is 1.61. The van der Waals surface area contributed by atoms with E-state index in [4.69, 9.17) is 0 Å². The van der Waals surface area contributed by atoms with Crippen LogP contribution in [0.2, 0.25) is 0 Å². The van der Waals surface area contributed by atoms with Crippen molar-refractivity contribution in [2.24, 2.45) is 0 Å². The fourth-order valence-electron chi connectivity index (χ4n) is 2.20. The van der Waals surface area contributed by atoms with Gasteiger partial charge < -0.3 is 5.32 Å². The van der Waals surface area contributed by atoms with E-state index in [0.717, 1.165) is 19.4 Å². The van der Waals surface area contributed by atoms with E-state index in [-0.39, 0.29) is 10.9 Å². The zero-order valence-electron chi connectivity index (χ0n) is 10.8. The molecule has 1 aliphatic rings. The van der Waals surface area contributed by atoms with Gasteiger partial charge in [0, 0.05) is 36.5 Å². The summed E-state index contributed by atoms with van der Waals surface area (Å²) in [5, 5.41) is 3.35. The molecule has 106 valence electrons. The van der Waals surface area contributed by atoms with Gasteiger partial charge in [-0.15, -0.1) is 0 Å². The van der Waals surface area contributed by atoms with Crippen molar-refractivity contribution in [1.29, 1.82) is 0 Å². The van der Waals surface area contributed by atoms with Crippen molar-refractivity contribution in [3.05, 3.63) is 22.9 Å². The van der Waals surface area contributed by atoms with E-state index in [1.807, 2.05) is 0 Å². The summed E-state index contributed by atoms with van der Waals surface area (Å²) in [6.07, 6.45) is 6.30. The smallest absolute Gasteiger partial charge is 0.244 e. The maximum Gasteiger partial charge on any atom is 0.244 e. The van der Waals surface area contributed by atoms with E-state index in [9.17, 15) is 8.42 Å². The Labute approximate surface area is 122 Å². The highest BCUT2D eigenvalue weighted by Gasteiger charge is 2.25. The Balaban J connectivity index is 2.10. The number of nitrogens with zero attached hydrogens (tertiary/aromatic N) is 2. The molecule has 0 radical (unpaired) electrons. The first kappa shape index (κ1) is 14.9. The molecule has 1 aromatic heterocycles. The first-order valence-electron chi connectivity index (χ1n) is 6.30. The summed E-state index contributed by atoms with van der Waals surface area (Å²) in [5.74, 6) is 0. The van der Waals surface area contributed by atoms with Crippen LogP contribution in [-0.2, 0) is 10.0 Å². The average Bonchev–Trinajstić information content (AvgIpc) is 2.40. The number of halogens is 1. The molecule has 0 bridgehead atoms. The van der Waals surface area contributed by atoms with Crippen LogP contribution >= 0.6 is 15.9 Å². The molecule has 2 rings (SSSR count). The Morgan fingerprint density at radius 3 is 2.89 bits per heavy atom. The third-order valence-electron chi connectivity index (χ3n) is 3.28. The maximum atomic E-state index is 12.4. The summed E-state index contributed by atoms with van der Waals surface area (Å²) < 4.78 is 26.9. The summed E-state index contributed by atoms with van der Waals surface area (Å²) in [6, 6.07) is 1.82. The third kappa shape index (κ3) is 3.75. The molecule has 1 unspecified atom stereocenters. The van der Waals surface area contributed by atoms with Crippen LogP contribution in [0.5, 0.6) is 0 Å². The molecular formula is C12H18BrN3O2S. The molecule has 0 spiro atoms. The van der Waals surface area contributed by atoms with Crippen molar-refractivity contribution in [3.8, 4) is 0 Å². The molecule has 2 heterocycles. The van der Waals surface area contributed by atoms with Crippen molar-refractivity contribution in [3.63, 3.8) is 0 Å². The molecule has 1 N–H and O–H groups in total. The molecular weight excluding hydrogens is 330 g/mol. The Bertz CT molecular complexity index is 530. The minimum atomic E-state index is -3.46. The topological polar surface area (TPSA) is 62.3 Å². The Morgan fingerprint density at radius 1 is 1.47 bits per heavy atom. The van der Waals surface area contributed by atoms with Gasteiger partial charge in [-0.05, 0) is 41.4 Å². The standard InChI is InChI=1S/C12H18BrN3O2S/c1-16(9-11-4-2-3-5-15-11)19(17,18)12-6-10(13)7-14-8-12/h6-8,11,15H,2-5,9H2,1H3. The number of pyridine rings is 1. The number of sulfonamides is 1. The Kier molecular flexibility index (Phi) is 4.94. The van der Waals surface area contributed by atoms with Gasteiger partial charge in [0.2, 0.25) is 10.0 Å². The third-order valence-corrected chi connectivity index (χ3v) is 5.50. The lowest BCUT2D eigenvalue weighted by Crippen LogP contribution is -2.44. The Hall–Kier alpha value is -0.500. The monoisotopic (exact) mass is 347 g/mol. The normalized spacial score (nSPS) is 20.7. The highest BCUT2D eigenvalue weighted by Crippen LogP contribution is 2.19. The SMILES string of the molecule is CN(CC1CCCCN1)S(=O)(=O)c1cncc(Br)c1. The van der Waals surface area contributed by atoms with E-state index in [0.29, 0.717) is 11.0 Å². The molecule has 0 amide bonds. The minimum absolute atomic E-state index is 0.222. The van der Waals surface area contributed by atoms with Crippen molar-refractivity contribution in [2.45, 2.75) is 30.2 Å². The quantitative estimate of drug-likeness (QED) is 0.898. The van der Waals surface area contributed by atoms with Gasteiger partial charge in [0.05, 0.1) is 0 Å². The first-order chi connectivity index (χ1) is 9.00. The lowest BCUT2D eigenvalue weighted by molar-refractivity contribution is 0.337. The number of hydrogen-bond donors (Lipinski definition) is 1. The fraction of sp³-hybridized carbons (Fsp3) is 0.583. The lowest BCUT2D eigenvalue weighted by Gasteiger charge is -2.27. The number of rotatable bonds is 4. The maximum absolute atomic E-state index is 12.4. The number of likely N-dealkylation sites (N-methyl/N-ethyl adjacent to an activating group) is 1. The second kappa shape index (κ2) is 6.30. The summed E-state index contributed by atoms with van der Waals surface area (Å²) in [4.78, 5) is 4.13. The van der Waals surface area contributed by atoms with E-state index in [2.05, 4.69) is 26.2 Å². The van der Waals surface area contributed by atoms with Crippen molar-refractivity contribution < 1.29 is 8.42 Å². The highest BCUT2D eigenvalue weighted by atomic mass is 79.9. The zero-order chi connectivity index (χ0) is 13.9. The van der Waals surface area contributed by atoms with Crippen LogP contribution < -0.4 is 5.32 Å². The van der Waals surface area contributed by atoms with Gasteiger partial charge >= 0.3 is 0 Å². The van der Waals surface area contributed by atoms with Crippen LogP contribution in [0, 0.1) is 0 Å². The number of nitrogens with one attached hydrogen (secondary N) is 1. The number of hydrogen-bond acceptors (Lipinski definition) is 4. The minimum Gasteiger partial charge on any atom is -0.313 e. The van der Waals surface area contributed by atoms with Crippen LogP contribution in [0.25, 0.3) is 0 Å². The molecule has 0 aromatic carbocycles. The van der Waals surface area contributed by atoms with Gasteiger partial charge in [-0.1, -0.05) is 6.42 Å². The molecule has 5 nitrogen and oxygen atoms in total. The molecule has 1 fully saturated rings. The summed E-state index contributed by atoms with van der Waals surface area (Å²) in [5.41, 5.74) is 0. The van der Waals surface area contributed by atoms with Crippen molar-refractivity contribution in [1.82, 2.24) is 14.6 Å². The Morgan fingerprint density at radius 2 is 2.26 bits per heavy atom. The largest absolute Gasteiger partial charge is 0.313 e. The molecule has 1 aromatic rings. The predicted molar refractivity (Wildman–Crippen MR) is 77.4 cm³/mol. The van der Waals surface area contributed by atoms with Crippen LogP contribution in [0.15, 0.2) is 27.8 Å². The zero-order valence-corrected chi connectivity index (χ0v) is 13.2. The van der Waals surface area contributed by atoms with Crippen LogP contribution in [0.3, 0.4) is 0 Å². The van der Waals surface area contributed by atoms with Crippen LogP contribution in [0.1, 0.15) is 19.3 Å². The van der Waals surface area contributed by atoms with Crippen LogP contribution in [0.4, 0.5) is 0 Å². The summed E-state index contributed by atoms with van der Waals surface area (Å²) in [6.45, 7) is 1.46. The van der Waals surface area contributed by atoms with Gasteiger partial charge in [-0.25, -0.2) is 8.42 Å². The highest BCUT2D eigenvalue weighted by molar-refractivity contribution is 9.10. The summed E-state index contributed by atoms with van der Waals surface area (Å²) in [7, 11) is -1.84. The molecule has 1 atom stereocenters. The molecule has 0 aliphatic carbocycles. The average molecular weight is 348 g/mol. The van der Waals surface area contributed by atoms with E-state index >= 15 is 0 Å². The number of piperidine rings is 1. The van der Waals surface area contributed by atoms with E-state index < -0.39 is 10.0 Å². The van der Waals surface area contributed by atoms with Gasteiger partial charge in [-0.2, -0.15) is 4.31 Å². The second-order valence-corrected chi connectivity index (χ2v) is 7.73. The van der Waals surface area contributed by atoms with E-state index in [1.54, 1.807) is 19.3 Å². The van der Waals surface area contributed by atoms with Gasteiger partial charge in [0.25, 0.3) is 0 Å². The molecule has 0 saturated carbocycles. The van der Waals surface area contributed by atoms with Gasteiger partial charge in [0.15, 0.2) is 0 Å². The molecule has 7 heteroatoms. The second-order valence-electron chi connectivity index (χ2n) is 4.77. The molecule has 1 aliphatic heterocycles. The van der Waals surface area contributed by atoms with Crippen LogP contribution in [-0.4, -0.2) is 43.9 Å². The van der Waals surface area contributed by atoms with E-state index in [1.165, 1.54) is 16.9 Å². The molecule has 1 saturated heterocycles. The number of aromatic nitrogens is 1. The first-order valence-corrected chi connectivity index (χ1v) is 8.54.